The van der Waals surface area contributed by atoms with E-state index < -0.39 is 0 Å². The van der Waals surface area contributed by atoms with Gasteiger partial charge in [-0.1, -0.05) is 0 Å². The van der Waals surface area contributed by atoms with Gasteiger partial charge in [-0.2, -0.15) is 4.98 Å². The molecule has 3 aromatic rings. The zero-order valence-electron chi connectivity index (χ0n) is 9.80. The Hall–Kier alpha value is -2.08. The quantitative estimate of drug-likeness (QED) is 0.757. The molecule has 0 unspecified atom stereocenters. The summed E-state index contributed by atoms with van der Waals surface area (Å²) in [6, 6.07) is 5.83. The van der Waals surface area contributed by atoms with Crippen LogP contribution in [0.4, 0.5) is 11.8 Å². The van der Waals surface area contributed by atoms with Crippen molar-refractivity contribution in [1.29, 1.82) is 0 Å². The normalized spacial score (nSPS) is 10.9. The van der Waals surface area contributed by atoms with Crippen LogP contribution >= 0.6 is 11.3 Å². The average Bonchev–Trinajstić information content (AvgIpc) is 2.93. The predicted octanol–water partition coefficient (Wildman–Crippen LogP) is 2.79. The van der Waals surface area contributed by atoms with Crippen LogP contribution in [0.5, 0.6) is 0 Å². The van der Waals surface area contributed by atoms with Crippen molar-refractivity contribution < 1.29 is 4.42 Å². The Labute approximate surface area is 108 Å². The SMILES string of the molecule is Cc1cc2c(NCc3ccco3)nc(N)nc2s1. The lowest BCUT2D eigenvalue weighted by Crippen LogP contribution is -2.04. The van der Waals surface area contributed by atoms with Crippen LogP contribution in [0.25, 0.3) is 10.2 Å². The summed E-state index contributed by atoms with van der Waals surface area (Å²) < 4.78 is 5.27. The van der Waals surface area contributed by atoms with Gasteiger partial charge in [0.2, 0.25) is 5.95 Å². The Morgan fingerprint density at radius 1 is 1.44 bits per heavy atom. The van der Waals surface area contributed by atoms with E-state index in [0.29, 0.717) is 6.54 Å². The molecule has 0 aromatic carbocycles. The number of nitrogens with two attached hydrogens (primary N) is 1. The summed E-state index contributed by atoms with van der Waals surface area (Å²) >= 11 is 1.61. The maximum absolute atomic E-state index is 5.70. The Morgan fingerprint density at radius 3 is 3.11 bits per heavy atom. The van der Waals surface area contributed by atoms with Crippen molar-refractivity contribution in [3.8, 4) is 0 Å². The molecule has 92 valence electrons. The van der Waals surface area contributed by atoms with Crippen LogP contribution < -0.4 is 11.1 Å². The maximum Gasteiger partial charge on any atom is 0.223 e. The first-order valence-electron chi connectivity index (χ1n) is 5.52. The van der Waals surface area contributed by atoms with Gasteiger partial charge in [0, 0.05) is 4.88 Å². The number of nitrogens with one attached hydrogen (secondary N) is 1. The van der Waals surface area contributed by atoms with E-state index in [2.05, 4.69) is 21.4 Å². The van der Waals surface area contributed by atoms with Crippen LogP contribution in [0.15, 0.2) is 28.9 Å². The molecule has 0 aliphatic rings. The second-order valence-corrected chi connectivity index (χ2v) is 5.17. The van der Waals surface area contributed by atoms with E-state index in [9.17, 15) is 0 Å². The fraction of sp³-hybridized carbons (Fsp3) is 0.167. The van der Waals surface area contributed by atoms with Crippen molar-refractivity contribution in [2.24, 2.45) is 0 Å². The highest BCUT2D eigenvalue weighted by atomic mass is 32.1. The Kier molecular flexibility index (Phi) is 2.64. The highest BCUT2D eigenvalue weighted by Crippen LogP contribution is 2.29. The first kappa shape index (κ1) is 11.0. The number of rotatable bonds is 3. The van der Waals surface area contributed by atoms with Gasteiger partial charge in [0.05, 0.1) is 18.2 Å². The zero-order chi connectivity index (χ0) is 12.5. The standard InChI is InChI=1S/C12H12N4OS/c1-7-5-9-10(14-6-8-3-2-4-17-8)15-12(13)16-11(9)18-7/h2-5H,6H2,1H3,(H3,13,14,15,16). The minimum absolute atomic E-state index is 0.284. The largest absolute Gasteiger partial charge is 0.467 e. The summed E-state index contributed by atoms with van der Waals surface area (Å²) in [6.07, 6.45) is 1.65. The van der Waals surface area contributed by atoms with Crippen LogP contribution in [-0.2, 0) is 6.54 Å². The summed E-state index contributed by atoms with van der Waals surface area (Å²) in [5.41, 5.74) is 5.70. The van der Waals surface area contributed by atoms with Crippen molar-refractivity contribution in [1.82, 2.24) is 9.97 Å². The van der Waals surface area contributed by atoms with Crippen LogP contribution in [0.3, 0.4) is 0 Å². The van der Waals surface area contributed by atoms with Gasteiger partial charge in [-0.3, -0.25) is 0 Å². The first-order valence-corrected chi connectivity index (χ1v) is 6.34. The number of thiophene rings is 1. The van der Waals surface area contributed by atoms with Gasteiger partial charge in [0.1, 0.15) is 16.4 Å². The third kappa shape index (κ3) is 2.02. The van der Waals surface area contributed by atoms with E-state index >= 15 is 0 Å². The van der Waals surface area contributed by atoms with Gasteiger partial charge < -0.3 is 15.5 Å². The number of hydrogen-bond acceptors (Lipinski definition) is 6. The molecule has 3 N–H and O–H groups in total. The molecular formula is C12H12N4OS. The molecule has 5 nitrogen and oxygen atoms in total. The van der Waals surface area contributed by atoms with Crippen molar-refractivity contribution in [3.63, 3.8) is 0 Å². The summed E-state index contributed by atoms with van der Waals surface area (Å²) in [7, 11) is 0. The molecule has 3 heterocycles. The second kappa shape index (κ2) is 4.30. The number of nitrogen functional groups attached to an aromatic ring is 1. The fourth-order valence-electron chi connectivity index (χ4n) is 1.78. The monoisotopic (exact) mass is 260 g/mol. The summed E-state index contributed by atoms with van der Waals surface area (Å²) in [5, 5.41) is 4.22. The zero-order valence-corrected chi connectivity index (χ0v) is 10.6. The molecule has 0 radical (unpaired) electrons. The molecule has 6 heteroatoms. The molecule has 0 atom stereocenters. The van der Waals surface area contributed by atoms with E-state index in [4.69, 9.17) is 10.2 Å². The minimum Gasteiger partial charge on any atom is -0.467 e. The Bertz CT molecular complexity index is 675. The number of nitrogens with zero attached hydrogens (tertiary/aromatic N) is 2. The molecule has 0 saturated carbocycles. The lowest BCUT2D eigenvalue weighted by Gasteiger charge is -2.05. The van der Waals surface area contributed by atoms with Crippen molar-refractivity contribution in [3.05, 3.63) is 35.1 Å². The van der Waals surface area contributed by atoms with Crippen LogP contribution in [0.2, 0.25) is 0 Å². The van der Waals surface area contributed by atoms with Crippen molar-refractivity contribution >= 4 is 33.3 Å². The molecule has 0 amide bonds. The van der Waals surface area contributed by atoms with Crippen LogP contribution in [0, 0.1) is 6.92 Å². The molecule has 3 aromatic heterocycles. The van der Waals surface area contributed by atoms with Gasteiger partial charge >= 0.3 is 0 Å². The molecule has 0 aliphatic heterocycles. The average molecular weight is 260 g/mol. The Morgan fingerprint density at radius 2 is 2.33 bits per heavy atom. The van der Waals surface area contributed by atoms with Gasteiger partial charge in [-0.05, 0) is 25.1 Å². The van der Waals surface area contributed by atoms with E-state index in [-0.39, 0.29) is 5.95 Å². The molecule has 0 aliphatic carbocycles. The van der Waals surface area contributed by atoms with E-state index in [1.165, 1.54) is 4.88 Å². The van der Waals surface area contributed by atoms with Crippen LogP contribution in [0.1, 0.15) is 10.6 Å². The number of aryl methyl sites for hydroxylation is 1. The number of aromatic nitrogens is 2. The van der Waals surface area contributed by atoms with E-state index in [1.807, 2.05) is 19.1 Å². The smallest absolute Gasteiger partial charge is 0.223 e. The summed E-state index contributed by atoms with van der Waals surface area (Å²) in [5.74, 6) is 1.89. The van der Waals surface area contributed by atoms with Crippen LogP contribution in [-0.4, -0.2) is 9.97 Å². The Balaban J connectivity index is 1.95. The predicted molar refractivity (Wildman–Crippen MR) is 72.6 cm³/mol. The van der Waals surface area contributed by atoms with E-state index in [1.54, 1.807) is 17.6 Å². The number of hydrogen-bond donors (Lipinski definition) is 2. The molecule has 18 heavy (non-hydrogen) atoms. The van der Waals surface area contributed by atoms with Gasteiger partial charge in [-0.25, -0.2) is 4.98 Å². The molecule has 3 rings (SSSR count). The lowest BCUT2D eigenvalue weighted by molar-refractivity contribution is 0.518. The number of fused-ring (bicyclic) bond motifs is 1. The number of anilines is 2. The van der Waals surface area contributed by atoms with E-state index in [0.717, 1.165) is 21.8 Å². The highest BCUT2D eigenvalue weighted by molar-refractivity contribution is 7.18. The lowest BCUT2D eigenvalue weighted by atomic mass is 10.3. The molecular weight excluding hydrogens is 248 g/mol. The van der Waals surface area contributed by atoms with Gasteiger partial charge in [0.25, 0.3) is 0 Å². The highest BCUT2D eigenvalue weighted by Gasteiger charge is 2.09. The third-order valence-electron chi connectivity index (χ3n) is 2.54. The van der Waals surface area contributed by atoms with Gasteiger partial charge in [0.15, 0.2) is 0 Å². The minimum atomic E-state index is 0.284. The topological polar surface area (TPSA) is 77.0 Å². The number of furan rings is 1. The van der Waals surface area contributed by atoms with Gasteiger partial charge in [-0.15, -0.1) is 11.3 Å². The van der Waals surface area contributed by atoms with Crippen molar-refractivity contribution in [2.45, 2.75) is 13.5 Å². The summed E-state index contributed by atoms with van der Waals surface area (Å²) in [4.78, 5) is 10.5. The first-order chi connectivity index (χ1) is 8.72. The summed E-state index contributed by atoms with van der Waals surface area (Å²) in [6.45, 7) is 2.62. The molecule has 0 bridgehead atoms. The maximum atomic E-state index is 5.70. The fourth-order valence-corrected chi connectivity index (χ4v) is 2.66. The van der Waals surface area contributed by atoms with Crippen molar-refractivity contribution in [2.75, 3.05) is 11.1 Å². The molecule has 0 saturated heterocycles. The molecule has 0 spiro atoms. The third-order valence-corrected chi connectivity index (χ3v) is 3.49. The molecule has 0 fully saturated rings. The second-order valence-electron chi connectivity index (χ2n) is 3.94.